The summed E-state index contributed by atoms with van der Waals surface area (Å²) in [6.45, 7) is 0. The fourth-order valence-electron chi connectivity index (χ4n) is 3.55. The molecule has 1 aliphatic rings. The molecule has 1 aromatic heterocycles. The van der Waals surface area contributed by atoms with Gasteiger partial charge in [0.1, 0.15) is 5.82 Å². The van der Waals surface area contributed by atoms with Gasteiger partial charge in [-0.2, -0.15) is 5.26 Å². The van der Waals surface area contributed by atoms with Gasteiger partial charge in [0.05, 0.1) is 28.8 Å². The van der Waals surface area contributed by atoms with E-state index in [1.807, 2.05) is 48.7 Å². The molecule has 0 saturated carbocycles. The lowest BCUT2D eigenvalue weighted by atomic mass is 9.81. The maximum absolute atomic E-state index is 13.3. The SMILES string of the molecule is CSc1nc2c(c(=O)n1C)C(c1ccc(Cl)cc1)C(C#N)=C(c1ccccc1)N2. The number of halogens is 1. The summed E-state index contributed by atoms with van der Waals surface area (Å²) in [6.07, 6.45) is 1.88. The zero-order valence-corrected chi connectivity index (χ0v) is 17.4. The van der Waals surface area contributed by atoms with Gasteiger partial charge in [0.25, 0.3) is 5.56 Å². The molecular weight excluding hydrogens is 404 g/mol. The highest BCUT2D eigenvalue weighted by molar-refractivity contribution is 7.98. The zero-order valence-electron chi connectivity index (χ0n) is 15.8. The van der Waals surface area contributed by atoms with Crippen LogP contribution in [-0.4, -0.2) is 15.8 Å². The Morgan fingerprint density at radius 3 is 2.48 bits per heavy atom. The molecule has 1 N–H and O–H groups in total. The fraction of sp³-hybridized carbons (Fsp3) is 0.136. The molecule has 7 heteroatoms. The van der Waals surface area contributed by atoms with Gasteiger partial charge in [0.2, 0.25) is 0 Å². The Labute approximate surface area is 177 Å². The number of nitrogens with one attached hydrogen (secondary N) is 1. The van der Waals surface area contributed by atoms with Gasteiger partial charge in [0.15, 0.2) is 5.16 Å². The molecule has 0 aliphatic carbocycles. The lowest BCUT2D eigenvalue weighted by molar-refractivity contribution is 0.689. The molecule has 0 spiro atoms. The van der Waals surface area contributed by atoms with Crippen molar-refractivity contribution in [3.05, 3.63) is 92.2 Å². The third-order valence-corrected chi connectivity index (χ3v) is 5.93. The molecule has 0 bridgehead atoms. The summed E-state index contributed by atoms with van der Waals surface area (Å²) in [5.41, 5.74) is 3.10. The van der Waals surface area contributed by atoms with E-state index in [9.17, 15) is 10.1 Å². The minimum atomic E-state index is -0.536. The number of aromatic nitrogens is 2. The molecule has 2 heterocycles. The van der Waals surface area contributed by atoms with Gasteiger partial charge in [-0.25, -0.2) is 4.98 Å². The monoisotopic (exact) mass is 420 g/mol. The number of allylic oxidation sites excluding steroid dienone is 1. The topological polar surface area (TPSA) is 70.7 Å². The number of nitriles is 1. The Balaban J connectivity index is 2.05. The average molecular weight is 421 g/mol. The second kappa shape index (κ2) is 7.78. The van der Waals surface area contributed by atoms with Crippen LogP contribution >= 0.6 is 23.4 Å². The molecule has 1 atom stereocenters. The molecule has 0 saturated heterocycles. The first-order valence-corrected chi connectivity index (χ1v) is 10.5. The van der Waals surface area contributed by atoms with E-state index < -0.39 is 5.92 Å². The smallest absolute Gasteiger partial charge is 0.260 e. The molecule has 144 valence electrons. The average Bonchev–Trinajstić information content (AvgIpc) is 2.76. The summed E-state index contributed by atoms with van der Waals surface area (Å²) < 4.78 is 1.52. The molecule has 1 unspecified atom stereocenters. The van der Waals surface area contributed by atoms with Crippen LogP contribution in [0.25, 0.3) is 5.70 Å². The summed E-state index contributed by atoms with van der Waals surface area (Å²) in [5.74, 6) is -0.0546. The van der Waals surface area contributed by atoms with Crippen LogP contribution in [0.2, 0.25) is 5.02 Å². The van der Waals surface area contributed by atoms with Crippen LogP contribution in [-0.2, 0) is 7.05 Å². The minimum Gasteiger partial charge on any atom is -0.338 e. The quantitative estimate of drug-likeness (QED) is 0.493. The fourth-order valence-corrected chi connectivity index (χ4v) is 4.22. The second-order valence-electron chi connectivity index (χ2n) is 6.60. The first-order chi connectivity index (χ1) is 14.0. The Kier molecular flexibility index (Phi) is 5.18. The van der Waals surface area contributed by atoms with Crippen molar-refractivity contribution in [1.29, 1.82) is 5.26 Å². The van der Waals surface area contributed by atoms with Crippen molar-refractivity contribution in [2.75, 3.05) is 11.6 Å². The number of hydrogen-bond donors (Lipinski definition) is 1. The minimum absolute atomic E-state index is 0.174. The number of hydrogen-bond acceptors (Lipinski definition) is 5. The first kappa shape index (κ1) is 19.3. The van der Waals surface area contributed by atoms with Gasteiger partial charge in [-0.15, -0.1) is 0 Å². The van der Waals surface area contributed by atoms with Crippen molar-refractivity contribution in [1.82, 2.24) is 9.55 Å². The van der Waals surface area contributed by atoms with Crippen molar-refractivity contribution in [3.8, 4) is 6.07 Å². The van der Waals surface area contributed by atoms with Crippen LogP contribution in [0.1, 0.15) is 22.6 Å². The van der Waals surface area contributed by atoms with Gasteiger partial charge in [-0.1, -0.05) is 65.8 Å². The van der Waals surface area contributed by atoms with Gasteiger partial charge < -0.3 is 5.32 Å². The van der Waals surface area contributed by atoms with Crippen LogP contribution in [0.15, 0.2) is 70.1 Å². The molecule has 29 heavy (non-hydrogen) atoms. The van der Waals surface area contributed by atoms with Crippen LogP contribution in [0.3, 0.4) is 0 Å². The van der Waals surface area contributed by atoms with E-state index in [1.165, 1.54) is 16.3 Å². The van der Waals surface area contributed by atoms with Crippen molar-refractivity contribution < 1.29 is 0 Å². The van der Waals surface area contributed by atoms with Crippen molar-refractivity contribution >= 4 is 34.9 Å². The van der Waals surface area contributed by atoms with Gasteiger partial charge in [0, 0.05) is 12.1 Å². The Morgan fingerprint density at radius 2 is 1.86 bits per heavy atom. The van der Waals surface area contributed by atoms with E-state index in [4.69, 9.17) is 11.6 Å². The van der Waals surface area contributed by atoms with E-state index in [-0.39, 0.29) is 5.56 Å². The highest BCUT2D eigenvalue weighted by Gasteiger charge is 2.34. The van der Waals surface area contributed by atoms with Crippen molar-refractivity contribution in [2.24, 2.45) is 7.05 Å². The molecular formula is C22H17ClN4OS. The van der Waals surface area contributed by atoms with E-state index in [0.29, 0.717) is 32.8 Å². The maximum atomic E-state index is 13.3. The molecule has 0 fully saturated rings. The molecule has 4 rings (SSSR count). The maximum Gasteiger partial charge on any atom is 0.260 e. The molecule has 5 nitrogen and oxygen atoms in total. The molecule has 3 aromatic rings. The lowest BCUT2D eigenvalue weighted by Crippen LogP contribution is -2.31. The van der Waals surface area contributed by atoms with Crippen LogP contribution in [0.4, 0.5) is 5.82 Å². The van der Waals surface area contributed by atoms with E-state index >= 15 is 0 Å². The van der Waals surface area contributed by atoms with Gasteiger partial charge in [-0.3, -0.25) is 9.36 Å². The second-order valence-corrected chi connectivity index (χ2v) is 7.81. The largest absolute Gasteiger partial charge is 0.338 e. The highest BCUT2D eigenvalue weighted by atomic mass is 35.5. The van der Waals surface area contributed by atoms with Crippen molar-refractivity contribution in [3.63, 3.8) is 0 Å². The molecule has 2 aromatic carbocycles. The van der Waals surface area contributed by atoms with E-state index in [0.717, 1.165) is 11.1 Å². The van der Waals surface area contributed by atoms with Crippen LogP contribution in [0.5, 0.6) is 0 Å². The summed E-state index contributed by atoms with van der Waals surface area (Å²) in [7, 11) is 1.70. The molecule has 0 radical (unpaired) electrons. The predicted molar refractivity (Wildman–Crippen MR) is 117 cm³/mol. The highest BCUT2D eigenvalue weighted by Crippen LogP contribution is 2.42. The standard InChI is InChI=1S/C22H17ClN4OS/c1-27-21(28)18-17(13-8-10-15(23)11-9-13)16(12-24)19(14-6-4-3-5-7-14)25-20(18)26-22(27)29-2/h3-11,17,25H,1-2H3. The predicted octanol–water partition coefficient (Wildman–Crippen LogP) is 4.65. The number of nitrogens with zero attached hydrogens (tertiary/aromatic N) is 3. The third kappa shape index (κ3) is 3.33. The summed E-state index contributed by atoms with van der Waals surface area (Å²) in [5, 5.41) is 14.5. The Hall–Kier alpha value is -3.01. The third-order valence-electron chi connectivity index (χ3n) is 4.94. The van der Waals surface area contributed by atoms with Gasteiger partial charge in [-0.05, 0) is 29.5 Å². The summed E-state index contributed by atoms with van der Waals surface area (Å²) in [4.78, 5) is 17.9. The lowest BCUT2D eigenvalue weighted by Gasteiger charge is -2.29. The number of anilines is 1. The summed E-state index contributed by atoms with van der Waals surface area (Å²) >= 11 is 7.47. The Morgan fingerprint density at radius 1 is 1.17 bits per heavy atom. The van der Waals surface area contributed by atoms with E-state index in [1.54, 1.807) is 19.2 Å². The number of rotatable bonds is 3. The number of thioether (sulfide) groups is 1. The van der Waals surface area contributed by atoms with Gasteiger partial charge >= 0.3 is 0 Å². The van der Waals surface area contributed by atoms with E-state index in [2.05, 4.69) is 16.4 Å². The zero-order chi connectivity index (χ0) is 20.5. The van der Waals surface area contributed by atoms with Crippen LogP contribution < -0.4 is 10.9 Å². The Bertz CT molecular complexity index is 1210. The molecule has 0 amide bonds. The number of benzene rings is 2. The number of fused-ring (bicyclic) bond motifs is 1. The first-order valence-electron chi connectivity index (χ1n) is 8.92. The normalized spacial score (nSPS) is 15.4. The molecule has 1 aliphatic heterocycles. The van der Waals surface area contributed by atoms with Crippen LogP contribution in [0, 0.1) is 11.3 Å². The van der Waals surface area contributed by atoms with Crippen molar-refractivity contribution in [2.45, 2.75) is 11.1 Å². The summed E-state index contributed by atoms with van der Waals surface area (Å²) in [6, 6.07) is 19.2.